The topological polar surface area (TPSA) is 70.2 Å². The second-order valence-electron chi connectivity index (χ2n) is 8.96. The number of amides is 2. The minimum atomic E-state index is -0.137. The molecule has 4 aliphatic rings. The fraction of sp³-hybridized carbons (Fsp3) is 0.905. The van der Waals surface area contributed by atoms with Gasteiger partial charge in [0, 0.05) is 23.4 Å². The van der Waals surface area contributed by atoms with Crippen LogP contribution in [0.3, 0.4) is 0 Å². The second kappa shape index (κ2) is 9.17. The molecule has 3 N–H and O–H groups in total. The van der Waals surface area contributed by atoms with E-state index in [1.165, 1.54) is 44.9 Å². The van der Waals surface area contributed by atoms with E-state index in [2.05, 4.69) is 16.0 Å². The van der Waals surface area contributed by atoms with Crippen LogP contribution >= 0.6 is 11.8 Å². The lowest BCUT2D eigenvalue weighted by molar-refractivity contribution is -0.129. The lowest BCUT2D eigenvalue weighted by Crippen LogP contribution is -2.53. The molecule has 2 amide bonds. The van der Waals surface area contributed by atoms with Crippen molar-refractivity contribution < 1.29 is 9.59 Å². The summed E-state index contributed by atoms with van der Waals surface area (Å²) in [6, 6.07) is 0.843. The van der Waals surface area contributed by atoms with Gasteiger partial charge in [0.1, 0.15) is 5.37 Å². The number of carbonyl (C=O) groups excluding carboxylic acids is 2. The highest BCUT2D eigenvalue weighted by molar-refractivity contribution is 8.01. The predicted octanol–water partition coefficient (Wildman–Crippen LogP) is 3.08. The molecule has 1 saturated heterocycles. The molecule has 1 heterocycles. The van der Waals surface area contributed by atoms with Crippen molar-refractivity contribution in [3.63, 3.8) is 0 Å². The van der Waals surface area contributed by atoms with Crippen LogP contribution in [-0.4, -0.2) is 40.6 Å². The van der Waals surface area contributed by atoms with Gasteiger partial charge in [-0.1, -0.05) is 44.9 Å². The van der Waals surface area contributed by atoms with E-state index in [1.54, 1.807) is 11.8 Å². The van der Waals surface area contributed by atoms with Gasteiger partial charge in [0.15, 0.2) is 0 Å². The van der Waals surface area contributed by atoms with Crippen molar-refractivity contribution in [2.75, 3.05) is 0 Å². The summed E-state index contributed by atoms with van der Waals surface area (Å²) in [5.41, 5.74) is 0. The van der Waals surface area contributed by atoms with Crippen LogP contribution in [0.4, 0.5) is 0 Å². The highest BCUT2D eigenvalue weighted by Gasteiger charge is 2.41. The number of rotatable bonds is 4. The molecule has 3 saturated carbocycles. The molecule has 4 fully saturated rings. The molecular formula is C21H35N3O2S. The molecule has 27 heavy (non-hydrogen) atoms. The number of fused-ring (bicyclic) bond motifs is 1. The quantitative estimate of drug-likeness (QED) is 0.686. The monoisotopic (exact) mass is 393 g/mol. The maximum Gasteiger partial charge on any atom is 0.247 e. The molecule has 3 aliphatic carbocycles. The van der Waals surface area contributed by atoms with Crippen LogP contribution in [0.2, 0.25) is 0 Å². The summed E-state index contributed by atoms with van der Waals surface area (Å²) >= 11 is 1.81. The Hall–Kier alpha value is -0.750. The summed E-state index contributed by atoms with van der Waals surface area (Å²) in [5.74, 6) is 0.211. The minimum Gasteiger partial charge on any atom is -0.353 e. The molecule has 4 rings (SSSR count). The third-order valence-electron chi connectivity index (χ3n) is 7.00. The van der Waals surface area contributed by atoms with E-state index in [1.807, 2.05) is 0 Å². The number of hydrogen-bond donors (Lipinski definition) is 3. The van der Waals surface area contributed by atoms with Gasteiger partial charge in [-0.3, -0.25) is 14.9 Å². The molecule has 0 spiro atoms. The summed E-state index contributed by atoms with van der Waals surface area (Å²) in [6.45, 7) is 0. The van der Waals surface area contributed by atoms with Crippen LogP contribution in [-0.2, 0) is 9.59 Å². The number of carbonyl (C=O) groups is 2. The van der Waals surface area contributed by atoms with E-state index in [4.69, 9.17) is 0 Å². The number of hydrogen-bond acceptors (Lipinski definition) is 4. The Kier molecular flexibility index (Phi) is 6.64. The van der Waals surface area contributed by atoms with Crippen LogP contribution < -0.4 is 16.0 Å². The summed E-state index contributed by atoms with van der Waals surface area (Å²) in [4.78, 5) is 25.8. The van der Waals surface area contributed by atoms with Gasteiger partial charge in [-0.2, -0.15) is 0 Å². The maximum atomic E-state index is 12.9. The molecule has 0 aromatic rings. The Bertz CT molecular complexity index is 524. The first-order valence-electron chi connectivity index (χ1n) is 11.2. The highest BCUT2D eigenvalue weighted by atomic mass is 32.2. The zero-order chi connectivity index (χ0) is 18.6. The first kappa shape index (κ1) is 19.6. The molecule has 6 heteroatoms. The summed E-state index contributed by atoms with van der Waals surface area (Å²) in [7, 11) is 0. The van der Waals surface area contributed by atoms with Crippen LogP contribution in [0.1, 0.15) is 83.5 Å². The third-order valence-corrected chi connectivity index (χ3v) is 8.54. The normalized spacial score (nSPS) is 37.4. The van der Waals surface area contributed by atoms with Crippen molar-refractivity contribution in [1.82, 2.24) is 16.0 Å². The van der Waals surface area contributed by atoms with Crippen molar-refractivity contribution >= 4 is 23.6 Å². The van der Waals surface area contributed by atoms with E-state index in [9.17, 15) is 9.59 Å². The molecule has 5 atom stereocenters. The van der Waals surface area contributed by atoms with Gasteiger partial charge < -0.3 is 10.6 Å². The summed E-state index contributed by atoms with van der Waals surface area (Å²) in [6.07, 6.45) is 15.0. The lowest BCUT2D eigenvalue weighted by atomic mass is 9.83. The SMILES string of the molecule is O=C(NC1CCCCC1C(=O)NC1CCCCC1)C1NC2CCCCC2S1. The van der Waals surface area contributed by atoms with E-state index < -0.39 is 0 Å². The number of nitrogens with one attached hydrogen (secondary N) is 3. The fourth-order valence-electron chi connectivity index (χ4n) is 5.43. The summed E-state index contributed by atoms with van der Waals surface area (Å²) in [5, 5.41) is 10.5. The van der Waals surface area contributed by atoms with Crippen molar-refractivity contribution in [2.24, 2.45) is 5.92 Å². The first-order valence-corrected chi connectivity index (χ1v) is 12.2. The minimum absolute atomic E-state index is 0.000122. The van der Waals surface area contributed by atoms with E-state index >= 15 is 0 Å². The zero-order valence-electron chi connectivity index (χ0n) is 16.4. The molecular weight excluding hydrogens is 358 g/mol. The highest BCUT2D eigenvalue weighted by Crippen LogP contribution is 2.37. The molecule has 0 aromatic heterocycles. The molecule has 0 aromatic carbocycles. The standard InChI is InChI=1S/C21H35N3O2S/c25-19(22-14-8-2-1-3-9-14)15-10-4-5-11-16(15)23-20(26)21-24-17-12-6-7-13-18(17)27-21/h14-18,21,24H,1-13H2,(H,22,25)(H,23,26). The van der Waals surface area contributed by atoms with Crippen LogP contribution in [0, 0.1) is 5.92 Å². The second-order valence-corrected chi connectivity index (χ2v) is 10.3. The average Bonchev–Trinajstić information content (AvgIpc) is 3.13. The van der Waals surface area contributed by atoms with E-state index in [0.29, 0.717) is 17.3 Å². The third kappa shape index (κ3) is 4.81. The van der Waals surface area contributed by atoms with Gasteiger partial charge in [0.2, 0.25) is 11.8 Å². The van der Waals surface area contributed by atoms with E-state index in [0.717, 1.165) is 38.5 Å². The van der Waals surface area contributed by atoms with Crippen molar-refractivity contribution in [3.05, 3.63) is 0 Å². The Morgan fingerprint density at radius 3 is 2.26 bits per heavy atom. The molecule has 5 nitrogen and oxygen atoms in total. The van der Waals surface area contributed by atoms with Crippen LogP contribution in [0.15, 0.2) is 0 Å². The Labute approximate surface area is 167 Å². The van der Waals surface area contributed by atoms with Crippen molar-refractivity contribution in [2.45, 2.75) is 112 Å². The van der Waals surface area contributed by atoms with Crippen LogP contribution in [0.25, 0.3) is 0 Å². The largest absolute Gasteiger partial charge is 0.353 e. The number of thioether (sulfide) groups is 1. The molecule has 0 radical (unpaired) electrons. The fourth-order valence-corrected chi connectivity index (χ4v) is 6.93. The molecule has 152 valence electrons. The molecule has 0 bridgehead atoms. The molecule has 1 aliphatic heterocycles. The lowest BCUT2D eigenvalue weighted by Gasteiger charge is -2.33. The zero-order valence-corrected chi connectivity index (χ0v) is 17.2. The van der Waals surface area contributed by atoms with Crippen LogP contribution in [0.5, 0.6) is 0 Å². The smallest absolute Gasteiger partial charge is 0.247 e. The first-order chi connectivity index (χ1) is 13.2. The summed E-state index contributed by atoms with van der Waals surface area (Å²) < 4.78 is 0. The van der Waals surface area contributed by atoms with E-state index in [-0.39, 0.29) is 29.1 Å². The Morgan fingerprint density at radius 1 is 0.741 bits per heavy atom. The van der Waals surface area contributed by atoms with Gasteiger partial charge in [0.25, 0.3) is 0 Å². The average molecular weight is 394 g/mol. The Morgan fingerprint density at radius 2 is 1.44 bits per heavy atom. The Balaban J connectivity index is 1.31. The van der Waals surface area contributed by atoms with Gasteiger partial charge in [-0.15, -0.1) is 11.8 Å². The maximum absolute atomic E-state index is 12.9. The van der Waals surface area contributed by atoms with Crippen molar-refractivity contribution in [3.8, 4) is 0 Å². The predicted molar refractivity (Wildman–Crippen MR) is 109 cm³/mol. The van der Waals surface area contributed by atoms with Gasteiger partial charge in [-0.05, 0) is 38.5 Å². The van der Waals surface area contributed by atoms with Gasteiger partial charge in [-0.25, -0.2) is 0 Å². The van der Waals surface area contributed by atoms with Gasteiger partial charge in [0.05, 0.1) is 5.92 Å². The van der Waals surface area contributed by atoms with Crippen molar-refractivity contribution in [1.29, 1.82) is 0 Å². The van der Waals surface area contributed by atoms with Gasteiger partial charge >= 0.3 is 0 Å². The molecule has 5 unspecified atom stereocenters.